The summed E-state index contributed by atoms with van der Waals surface area (Å²) >= 11 is 3.18. The number of carbonyl (C=O) groups is 1. The first-order valence-electron chi connectivity index (χ1n) is 6.71. The molecular formula is C16H17NO4S2. The van der Waals surface area contributed by atoms with Crippen molar-refractivity contribution in [3.8, 4) is 5.75 Å². The van der Waals surface area contributed by atoms with E-state index in [1.807, 2.05) is 23.8 Å². The molecule has 0 unspecified atom stereocenters. The molecule has 5 nitrogen and oxygen atoms in total. The maximum atomic E-state index is 11.9. The highest BCUT2D eigenvalue weighted by atomic mass is 32.2. The number of thiazole rings is 1. The number of esters is 1. The van der Waals surface area contributed by atoms with Crippen LogP contribution in [0.25, 0.3) is 5.57 Å². The minimum atomic E-state index is -0.485. The summed E-state index contributed by atoms with van der Waals surface area (Å²) in [5.74, 6) is 0.0844. The SMILES string of the molecule is COC=C(C(=O)OC)c1ccccc1OCc1csc(SC)n1. The van der Waals surface area contributed by atoms with Gasteiger partial charge in [-0.3, -0.25) is 0 Å². The lowest BCUT2D eigenvalue weighted by Gasteiger charge is -2.12. The first-order chi connectivity index (χ1) is 11.2. The predicted molar refractivity (Wildman–Crippen MR) is 91.7 cm³/mol. The maximum absolute atomic E-state index is 11.9. The summed E-state index contributed by atoms with van der Waals surface area (Å²) in [6.45, 7) is 0.329. The molecule has 0 fully saturated rings. The monoisotopic (exact) mass is 351 g/mol. The van der Waals surface area contributed by atoms with Crippen LogP contribution in [0.4, 0.5) is 0 Å². The summed E-state index contributed by atoms with van der Waals surface area (Å²) < 4.78 is 16.6. The van der Waals surface area contributed by atoms with Crippen LogP contribution >= 0.6 is 23.1 Å². The van der Waals surface area contributed by atoms with E-state index >= 15 is 0 Å². The smallest absolute Gasteiger partial charge is 0.341 e. The first kappa shape index (κ1) is 17.4. The lowest BCUT2D eigenvalue weighted by atomic mass is 10.1. The van der Waals surface area contributed by atoms with Crippen molar-refractivity contribution in [1.82, 2.24) is 4.98 Å². The average molecular weight is 351 g/mol. The van der Waals surface area contributed by atoms with Gasteiger partial charge in [0.25, 0.3) is 0 Å². The molecule has 0 saturated carbocycles. The second-order valence-electron chi connectivity index (χ2n) is 4.35. The molecule has 1 aromatic heterocycles. The maximum Gasteiger partial charge on any atom is 0.341 e. The van der Waals surface area contributed by atoms with Gasteiger partial charge in [0, 0.05) is 10.9 Å². The van der Waals surface area contributed by atoms with Gasteiger partial charge in [-0.2, -0.15) is 0 Å². The number of ether oxygens (including phenoxy) is 3. The van der Waals surface area contributed by atoms with Crippen LogP contribution in [0.5, 0.6) is 5.75 Å². The average Bonchev–Trinajstić information content (AvgIpc) is 3.05. The molecule has 0 radical (unpaired) electrons. The molecule has 0 atom stereocenters. The second kappa shape index (κ2) is 8.59. The van der Waals surface area contributed by atoms with Gasteiger partial charge in [0.1, 0.15) is 22.3 Å². The van der Waals surface area contributed by atoms with E-state index in [4.69, 9.17) is 14.2 Å². The van der Waals surface area contributed by atoms with E-state index in [9.17, 15) is 4.79 Å². The molecule has 0 amide bonds. The van der Waals surface area contributed by atoms with Crippen LogP contribution in [0.1, 0.15) is 11.3 Å². The Hall–Kier alpha value is -1.99. The van der Waals surface area contributed by atoms with E-state index in [0.29, 0.717) is 23.5 Å². The van der Waals surface area contributed by atoms with Gasteiger partial charge in [-0.15, -0.1) is 11.3 Å². The summed E-state index contributed by atoms with van der Waals surface area (Å²) in [4.78, 5) is 16.4. The minimum Gasteiger partial charge on any atom is -0.503 e. The molecule has 0 spiro atoms. The molecule has 0 bridgehead atoms. The van der Waals surface area contributed by atoms with E-state index in [1.54, 1.807) is 35.2 Å². The van der Waals surface area contributed by atoms with Crippen LogP contribution in [0, 0.1) is 0 Å². The van der Waals surface area contributed by atoms with Crippen LogP contribution in [0.3, 0.4) is 0 Å². The zero-order valence-corrected chi connectivity index (χ0v) is 14.7. The Morgan fingerprint density at radius 3 is 2.78 bits per heavy atom. The Balaban J connectivity index is 2.22. The number of rotatable bonds is 7. The Morgan fingerprint density at radius 2 is 2.13 bits per heavy atom. The second-order valence-corrected chi connectivity index (χ2v) is 6.26. The van der Waals surface area contributed by atoms with Crippen LogP contribution in [-0.4, -0.2) is 31.4 Å². The number of thioether (sulfide) groups is 1. The van der Waals surface area contributed by atoms with Crippen LogP contribution in [-0.2, 0) is 20.9 Å². The number of carbonyl (C=O) groups excluding carboxylic acids is 1. The van der Waals surface area contributed by atoms with E-state index in [1.165, 1.54) is 20.5 Å². The Kier molecular flexibility index (Phi) is 6.49. The third-order valence-corrected chi connectivity index (χ3v) is 4.81. The van der Waals surface area contributed by atoms with Gasteiger partial charge < -0.3 is 14.2 Å². The highest BCUT2D eigenvalue weighted by molar-refractivity contribution is 8.00. The molecule has 7 heteroatoms. The molecule has 2 rings (SSSR count). The summed E-state index contributed by atoms with van der Waals surface area (Å²) in [5, 5.41) is 1.96. The van der Waals surface area contributed by atoms with Gasteiger partial charge in [-0.05, 0) is 12.3 Å². The first-order valence-corrected chi connectivity index (χ1v) is 8.82. The number of para-hydroxylation sites is 1. The molecule has 0 aliphatic rings. The highest BCUT2D eigenvalue weighted by Crippen LogP contribution is 2.28. The highest BCUT2D eigenvalue weighted by Gasteiger charge is 2.17. The minimum absolute atomic E-state index is 0.300. The van der Waals surface area contributed by atoms with Gasteiger partial charge >= 0.3 is 5.97 Å². The third kappa shape index (κ3) is 4.49. The zero-order chi connectivity index (χ0) is 16.7. The van der Waals surface area contributed by atoms with Gasteiger partial charge in [-0.25, -0.2) is 9.78 Å². The summed E-state index contributed by atoms with van der Waals surface area (Å²) in [5.41, 5.74) is 1.76. The number of nitrogens with zero attached hydrogens (tertiary/aromatic N) is 1. The van der Waals surface area contributed by atoms with Crippen LogP contribution in [0.15, 0.2) is 40.2 Å². The lowest BCUT2D eigenvalue weighted by molar-refractivity contribution is -0.133. The van der Waals surface area contributed by atoms with Crippen molar-refractivity contribution in [3.63, 3.8) is 0 Å². The molecule has 0 aliphatic carbocycles. The van der Waals surface area contributed by atoms with E-state index in [-0.39, 0.29) is 0 Å². The summed E-state index contributed by atoms with van der Waals surface area (Å²) in [6.07, 6.45) is 3.33. The van der Waals surface area contributed by atoms with Gasteiger partial charge in [0.15, 0.2) is 0 Å². The number of aromatic nitrogens is 1. The van der Waals surface area contributed by atoms with E-state index < -0.39 is 5.97 Å². The molecular weight excluding hydrogens is 334 g/mol. The molecule has 1 aromatic carbocycles. The molecule has 2 aromatic rings. The normalized spacial score (nSPS) is 11.2. The van der Waals surface area contributed by atoms with Gasteiger partial charge in [-0.1, -0.05) is 30.0 Å². The molecule has 0 aliphatic heterocycles. The molecule has 122 valence electrons. The van der Waals surface area contributed by atoms with Crippen molar-refractivity contribution < 1.29 is 19.0 Å². The number of hydrogen-bond acceptors (Lipinski definition) is 7. The van der Waals surface area contributed by atoms with Crippen molar-refractivity contribution in [2.75, 3.05) is 20.5 Å². The number of benzene rings is 1. The standard InChI is InChI=1S/C16H17NO4S2/c1-19-9-13(15(18)20-2)12-6-4-5-7-14(12)21-8-11-10-23-16(17-11)22-3/h4-7,9-10H,8H2,1-3H3. The quantitative estimate of drug-likeness (QED) is 0.329. The zero-order valence-electron chi connectivity index (χ0n) is 13.1. The molecule has 1 heterocycles. The Bertz CT molecular complexity index is 697. The molecule has 23 heavy (non-hydrogen) atoms. The van der Waals surface area contributed by atoms with E-state index in [2.05, 4.69) is 4.98 Å². The molecule has 0 N–H and O–H groups in total. The van der Waals surface area contributed by atoms with Crippen LogP contribution < -0.4 is 4.74 Å². The third-order valence-electron chi connectivity index (χ3n) is 2.90. The largest absolute Gasteiger partial charge is 0.503 e. The predicted octanol–water partition coefficient (Wildman–Crippen LogP) is 3.60. The molecule has 0 saturated heterocycles. The van der Waals surface area contributed by atoms with Crippen molar-refractivity contribution in [1.29, 1.82) is 0 Å². The fraction of sp³-hybridized carbons (Fsp3) is 0.250. The number of methoxy groups -OCH3 is 2. The topological polar surface area (TPSA) is 57.7 Å². The summed E-state index contributed by atoms with van der Waals surface area (Å²) in [7, 11) is 2.81. The van der Waals surface area contributed by atoms with Crippen molar-refractivity contribution >= 4 is 34.6 Å². The van der Waals surface area contributed by atoms with Gasteiger partial charge in [0.05, 0.1) is 26.2 Å². The van der Waals surface area contributed by atoms with Crippen molar-refractivity contribution in [3.05, 3.63) is 47.2 Å². The summed E-state index contributed by atoms with van der Waals surface area (Å²) in [6, 6.07) is 7.24. The Labute approximate surface area is 143 Å². The van der Waals surface area contributed by atoms with Crippen LogP contribution in [0.2, 0.25) is 0 Å². The van der Waals surface area contributed by atoms with Crippen molar-refractivity contribution in [2.45, 2.75) is 10.9 Å². The number of hydrogen-bond donors (Lipinski definition) is 0. The fourth-order valence-corrected chi connectivity index (χ4v) is 3.13. The Morgan fingerprint density at radius 1 is 1.35 bits per heavy atom. The lowest BCUT2D eigenvalue weighted by Crippen LogP contribution is -2.07. The fourth-order valence-electron chi connectivity index (χ4n) is 1.86. The van der Waals surface area contributed by atoms with Gasteiger partial charge in [0.2, 0.25) is 0 Å². The van der Waals surface area contributed by atoms with E-state index in [0.717, 1.165) is 10.0 Å². The van der Waals surface area contributed by atoms with Crippen molar-refractivity contribution in [2.24, 2.45) is 0 Å².